The van der Waals surface area contributed by atoms with Gasteiger partial charge in [0, 0.05) is 6.04 Å². The molecule has 0 saturated carbocycles. The second-order valence-electron chi connectivity index (χ2n) is 5.54. The number of nitrogens with one attached hydrogen (secondary N) is 1. The van der Waals surface area contributed by atoms with Gasteiger partial charge in [0.1, 0.15) is 0 Å². The van der Waals surface area contributed by atoms with E-state index in [1.54, 1.807) is 11.1 Å². The van der Waals surface area contributed by atoms with E-state index in [9.17, 15) is 0 Å². The lowest BCUT2D eigenvalue weighted by molar-refractivity contribution is -0.100. The Morgan fingerprint density at radius 2 is 2.16 bits per heavy atom. The van der Waals surface area contributed by atoms with Crippen molar-refractivity contribution in [2.75, 3.05) is 26.9 Å². The highest BCUT2D eigenvalue weighted by Crippen LogP contribution is 2.23. The third-order valence-corrected chi connectivity index (χ3v) is 4.28. The number of benzene rings is 1. The first-order chi connectivity index (χ1) is 9.36. The monoisotopic (exact) mass is 261 g/mol. The fourth-order valence-corrected chi connectivity index (χ4v) is 3.16. The quantitative estimate of drug-likeness (QED) is 0.895. The lowest BCUT2D eigenvalue weighted by Gasteiger charge is -2.30. The minimum atomic E-state index is 0.173. The molecule has 0 bridgehead atoms. The van der Waals surface area contributed by atoms with Gasteiger partial charge in [-0.15, -0.1) is 0 Å². The standard InChI is InChI=1S/C16H23NO2/c1-17-15(16-11-18-7-8-19-16)10-12-5-6-13-3-2-4-14(13)9-12/h5-6,9,15-17H,2-4,7-8,10-11H2,1H3. The summed E-state index contributed by atoms with van der Waals surface area (Å²) in [4.78, 5) is 0. The fourth-order valence-electron chi connectivity index (χ4n) is 3.16. The van der Waals surface area contributed by atoms with Gasteiger partial charge >= 0.3 is 0 Å². The average molecular weight is 261 g/mol. The number of fused-ring (bicyclic) bond motifs is 1. The van der Waals surface area contributed by atoms with Crippen molar-refractivity contribution in [1.29, 1.82) is 0 Å². The smallest absolute Gasteiger partial charge is 0.0965 e. The SMILES string of the molecule is CNC(Cc1ccc2c(c1)CCC2)C1COCCO1. The number of hydrogen-bond acceptors (Lipinski definition) is 3. The minimum absolute atomic E-state index is 0.173. The van der Waals surface area contributed by atoms with Gasteiger partial charge < -0.3 is 14.8 Å². The summed E-state index contributed by atoms with van der Waals surface area (Å²) in [6.45, 7) is 2.15. The van der Waals surface area contributed by atoms with E-state index in [1.165, 1.54) is 24.8 Å². The van der Waals surface area contributed by atoms with Crippen molar-refractivity contribution in [2.45, 2.75) is 37.8 Å². The van der Waals surface area contributed by atoms with Gasteiger partial charge in [0.2, 0.25) is 0 Å². The van der Waals surface area contributed by atoms with E-state index in [0.29, 0.717) is 19.3 Å². The molecule has 1 aromatic carbocycles. The van der Waals surface area contributed by atoms with E-state index in [1.807, 2.05) is 7.05 Å². The van der Waals surface area contributed by atoms with Crippen LogP contribution in [0.15, 0.2) is 18.2 Å². The Kier molecular flexibility index (Phi) is 4.16. The van der Waals surface area contributed by atoms with Crippen molar-refractivity contribution in [2.24, 2.45) is 0 Å². The van der Waals surface area contributed by atoms with Crippen LogP contribution in [0, 0.1) is 0 Å². The molecule has 2 atom stereocenters. The van der Waals surface area contributed by atoms with E-state index < -0.39 is 0 Å². The molecule has 0 amide bonds. The number of ether oxygens (including phenoxy) is 2. The molecule has 0 radical (unpaired) electrons. The highest BCUT2D eigenvalue weighted by atomic mass is 16.6. The Balaban J connectivity index is 1.68. The number of rotatable bonds is 4. The molecule has 2 aliphatic rings. The maximum absolute atomic E-state index is 5.81. The van der Waals surface area contributed by atoms with Gasteiger partial charge in [-0.2, -0.15) is 0 Å². The molecule has 1 N–H and O–H groups in total. The lowest BCUT2D eigenvalue weighted by Crippen LogP contribution is -2.46. The summed E-state index contributed by atoms with van der Waals surface area (Å²) in [5.74, 6) is 0. The summed E-state index contributed by atoms with van der Waals surface area (Å²) in [6.07, 6.45) is 5.00. The van der Waals surface area contributed by atoms with Crippen LogP contribution >= 0.6 is 0 Å². The van der Waals surface area contributed by atoms with Gasteiger partial charge in [0.05, 0.1) is 25.9 Å². The molecule has 3 nitrogen and oxygen atoms in total. The zero-order valence-electron chi connectivity index (χ0n) is 11.7. The zero-order chi connectivity index (χ0) is 13.1. The molecule has 1 aliphatic carbocycles. The number of hydrogen-bond donors (Lipinski definition) is 1. The highest BCUT2D eigenvalue weighted by molar-refractivity contribution is 5.35. The third-order valence-electron chi connectivity index (χ3n) is 4.28. The first-order valence-corrected chi connectivity index (χ1v) is 7.34. The molecule has 0 spiro atoms. The highest BCUT2D eigenvalue weighted by Gasteiger charge is 2.24. The molecule has 3 heteroatoms. The molecular weight excluding hydrogens is 238 g/mol. The second-order valence-corrected chi connectivity index (χ2v) is 5.54. The van der Waals surface area contributed by atoms with Crippen LogP contribution in [0.5, 0.6) is 0 Å². The first kappa shape index (κ1) is 13.1. The van der Waals surface area contributed by atoms with Crippen LogP contribution in [0.4, 0.5) is 0 Å². The van der Waals surface area contributed by atoms with Crippen LogP contribution in [-0.4, -0.2) is 39.0 Å². The summed E-state index contributed by atoms with van der Waals surface area (Å²) in [6, 6.07) is 7.30. The molecular formula is C16H23NO2. The Labute approximate surface area is 115 Å². The molecule has 2 unspecified atom stereocenters. The largest absolute Gasteiger partial charge is 0.376 e. The maximum atomic E-state index is 5.81. The van der Waals surface area contributed by atoms with E-state index in [-0.39, 0.29) is 6.10 Å². The molecule has 19 heavy (non-hydrogen) atoms. The molecule has 1 heterocycles. The first-order valence-electron chi connectivity index (χ1n) is 7.34. The molecule has 0 aromatic heterocycles. The van der Waals surface area contributed by atoms with Crippen LogP contribution in [0.3, 0.4) is 0 Å². The predicted molar refractivity (Wildman–Crippen MR) is 75.6 cm³/mol. The van der Waals surface area contributed by atoms with E-state index in [2.05, 4.69) is 23.5 Å². The van der Waals surface area contributed by atoms with Gasteiger partial charge in [0.15, 0.2) is 0 Å². The van der Waals surface area contributed by atoms with Crippen molar-refractivity contribution < 1.29 is 9.47 Å². The second kappa shape index (κ2) is 6.04. The molecule has 1 aromatic rings. The van der Waals surface area contributed by atoms with E-state index >= 15 is 0 Å². The van der Waals surface area contributed by atoms with Gasteiger partial charge in [-0.05, 0) is 49.4 Å². The van der Waals surface area contributed by atoms with Crippen LogP contribution in [0.25, 0.3) is 0 Å². The normalized spacial score (nSPS) is 24.2. The number of likely N-dealkylation sites (N-methyl/N-ethyl adjacent to an activating group) is 1. The Bertz CT molecular complexity index is 427. The van der Waals surface area contributed by atoms with Crippen molar-refractivity contribution in [3.8, 4) is 0 Å². The fraction of sp³-hybridized carbons (Fsp3) is 0.625. The van der Waals surface area contributed by atoms with Crippen LogP contribution in [-0.2, 0) is 28.7 Å². The molecule has 104 valence electrons. The van der Waals surface area contributed by atoms with Gasteiger partial charge in [-0.1, -0.05) is 18.2 Å². The zero-order valence-corrected chi connectivity index (χ0v) is 11.7. The summed E-state index contributed by atoms with van der Waals surface area (Å²) < 4.78 is 11.3. The molecule has 1 aliphatic heterocycles. The van der Waals surface area contributed by atoms with Crippen LogP contribution in [0.2, 0.25) is 0 Å². The van der Waals surface area contributed by atoms with Crippen LogP contribution < -0.4 is 5.32 Å². The van der Waals surface area contributed by atoms with E-state index in [4.69, 9.17) is 9.47 Å². The van der Waals surface area contributed by atoms with Crippen molar-refractivity contribution in [3.05, 3.63) is 34.9 Å². The minimum Gasteiger partial charge on any atom is -0.376 e. The Hall–Kier alpha value is -0.900. The topological polar surface area (TPSA) is 30.5 Å². The Morgan fingerprint density at radius 1 is 1.26 bits per heavy atom. The summed E-state index contributed by atoms with van der Waals surface area (Å²) >= 11 is 0. The van der Waals surface area contributed by atoms with Gasteiger partial charge in [-0.25, -0.2) is 0 Å². The van der Waals surface area contributed by atoms with Crippen molar-refractivity contribution in [1.82, 2.24) is 5.32 Å². The maximum Gasteiger partial charge on any atom is 0.0965 e. The molecule has 1 fully saturated rings. The molecule has 1 saturated heterocycles. The van der Waals surface area contributed by atoms with Crippen LogP contribution in [0.1, 0.15) is 23.1 Å². The third kappa shape index (κ3) is 2.99. The van der Waals surface area contributed by atoms with Crippen molar-refractivity contribution in [3.63, 3.8) is 0 Å². The van der Waals surface area contributed by atoms with Gasteiger partial charge in [0.25, 0.3) is 0 Å². The summed E-state index contributed by atoms with van der Waals surface area (Å²) in [5, 5.41) is 3.38. The predicted octanol–water partition coefficient (Wildman–Crippen LogP) is 1.72. The average Bonchev–Trinajstić information content (AvgIpc) is 2.93. The summed E-state index contributed by atoms with van der Waals surface area (Å²) in [5.41, 5.74) is 4.50. The van der Waals surface area contributed by atoms with Gasteiger partial charge in [-0.3, -0.25) is 0 Å². The Morgan fingerprint density at radius 3 is 2.95 bits per heavy atom. The lowest BCUT2D eigenvalue weighted by atomic mass is 9.98. The van der Waals surface area contributed by atoms with E-state index in [0.717, 1.165) is 13.0 Å². The number of aryl methyl sites for hydroxylation is 2. The summed E-state index contributed by atoms with van der Waals surface area (Å²) in [7, 11) is 2.01. The van der Waals surface area contributed by atoms with Crippen molar-refractivity contribution >= 4 is 0 Å². The molecule has 3 rings (SSSR count).